The van der Waals surface area contributed by atoms with Gasteiger partial charge in [0.2, 0.25) is 5.91 Å². The van der Waals surface area contributed by atoms with E-state index < -0.39 is 6.10 Å². The number of hydrogen-bond donors (Lipinski definition) is 2. The van der Waals surface area contributed by atoms with Crippen molar-refractivity contribution >= 4 is 5.91 Å². The Kier molecular flexibility index (Phi) is 6.65. The van der Waals surface area contributed by atoms with Crippen molar-refractivity contribution in [3.05, 3.63) is 35.6 Å². The van der Waals surface area contributed by atoms with Crippen LogP contribution in [0.3, 0.4) is 0 Å². The monoisotopic (exact) mass is 281 g/mol. The number of carbonyl (C=O) groups excluding carboxylic acids is 1. The second kappa shape index (κ2) is 8.00. The standard InChI is InChI=1S/C16H24FNO2/c1-4-11(2)15(19)10-18-16(20)8-12(3)13-6-5-7-14(17)9-13/h5-7,9,11-12,15,19H,4,8,10H2,1-3H3,(H,18,20). The highest BCUT2D eigenvalue weighted by atomic mass is 19.1. The topological polar surface area (TPSA) is 49.3 Å². The first-order chi connectivity index (χ1) is 9.43. The fourth-order valence-corrected chi connectivity index (χ4v) is 1.97. The molecule has 0 saturated heterocycles. The molecule has 0 fully saturated rings. The van der Waals surface area contributed by atoms with Gasteiger partial charge in [0, 0.05) is 13.0 Å². The smallest absolute Gasteiger partial charge is 0.220 e. The van der Waals surface area contributed by atoms with Crippen molar-refractivity contribution in [2.24, 2.45) is 5.92 Å². The minimum atomic E-state index is -0.520. The predicted molar refractivity (Wildman–Crippen MR) is 77.9 cm³/mol. The van der Waals surface area contributed by atoms with E-state index in [-0.39, 0.29) is 36.5 Å². The Balaban J connectivity index is 2.42. The van der Waals surface area contributed by atoms with Crippen LogP contribution in [0.4, 0.5) is 4.39 Å². The number of benzene rings is 1. The average molecular weight is 281 g/mol. The van der Waals surface area contributed by atoms with Crippen molar-refractivity contribution in [3.8, 4) is 0 Å². The summed E-state index contributed by atoms with van der Waals surface area (Å²) in [5.41, 5.74) is 0.808. The molecule has 3 unspecified atom stereocenters. The molecule has 0 aromatic heterocycles. The maximum absolute atomic E-state index is 13.1. The maximum Gasteiger partial charge on any atom is 0.220 e. The van der Waals surface area contributed by atoms with Crippen LogP contribution in [0.2, 0.25) is 0 Å². The van der Waals surface area contributed by atoms with Crippen molar-refractivity contribution in [2.75, 3.05) is 6.54 Å². The highest BCUT2D eigenvalue weighted by molar-refractivity contribution is 5.76. The van der Waals surface area contributed by atoms with Crippen LogP contribution in [0, 0.1) is 11.7 Å². The van der Waals surface area contributed by atoms with Crippen LogP contribution in [0.1, 0.15) is 45.1 Å². The Bertz CT molecular complexity index is 436. The quantitative estimate of drug-likeness (QED) is 0.807. The molecule has 1 rings (SSSR count). The van der Waals surface area contributed by atoms with Gasteiger partial charge in [0.25, 0.3) is 0 Å². The summed E-state index contributed by atoms with van der Waals surface area (Å²) < 4.78 is 13.1. The summed E-state index contributed by atoms with van der Waals surface area (Å²) in [5, 5.41) is 12.5. The van der Waals surface area contributed by atoms with Crippen molar-refractivity contribution in [2.45, 2.75) is 45.6 Å². The third kappa shape index (κ3) is 5.29. The molecule has 0 aliphatic carbocycles. The molecule has 4 heteroatoms. The number of hydrogen-bond acceptors (Lipinski definition) is 2. The molecule has 0 aliphatic rings. The Labute approximate surface area is 120 Å². The second-order valence-corrected chi connectivity index (χ2v) is 5.42. The number of nitrogens with one attached hydrogen (secondary N) is 1. The van der Waals surface area contributed by atoms with Gasteiger partial charge in [0.1, 0.15) is 5.82 Å². The summed E-state index contributed by atoms with van der Waals surface area (Å²) in [6.07, 6.45) is 0.640. The van der Waals surface area contributed by atoms with Crippen LogP contribution >= 0.6 is 0 Å². The molecule has 20 heavy (non-hydrogen) atoms. The zero-order valence-electron chi connectivity index (χ0n) is 12.4. The Morgan fingerprint density at radius 2 is 2.10 bits per heavy atom. The molecule has 1 amide bonds. The van der Waals surface area contributed by atoms with E-state index in [2.05, 4.69) is 5.32 Å². The van der Waals surface area contributed by atoms with Gasteiger partial charge >= 0.3 is 0 Å². The summed E-state index contributed by atoms with van der Waals surface area (Å²) >= 11 is 0. The summed E-state index contributed by atoms with van der Waals surface area (Å²) in [6, 6.07) is 6.30. The first-order valence-corrected chi connectivity index (χ1v) is 7.14. The van der Waals surface area contributed by atoms with Crippen LogP contribution in [-0.2, 0) is 4.79 Å². The van der Waals surface area contributed by atoms with Crippen LogP contribution in [0.5, 0.6) is 0 Å². The minimum Gasteiger partial charge on any atom is -0.391 e. The lowest BCUT2D eigenvalue weighted by Crippen LogP contribution is -2.35. The Morgan fingerprint density at radius 3 is 2.70 bits per heavy atom. The Hall–Kier alpha value is -1.42. The Morgan fingerprint density at radius 1 is 1.40 bits per heavy atom. The maximum atomic E-state index is 13.1. The molecular formula is C16H24FNO2. The summed E-state index contributed by atoms with van der Waals surface area (Å²) in [6.45, 7) is 6.11. The first kappa shape index (κ1) is 16.6. The largest absolute Gasteiger partial charge is 0.391 e. The predicted octanol–water partition coefficient (Wildman–Crippen LogP) is 2.84. The highest BCUT2D eigenvalue weighted by Crippen LogP contribution is 2.19. The zero-order valence-corrected chi connectivity index (χ0v) is 12.4. The fourth-order valence-electron chi connectivity index (χ4n) is 1.97. The molecule has 3 nitrogen and oxygen atoms in total. The van der Waals surface area contributed by atoms with Gasteiger partial charge in [-0.3, -0.25) is 4.79 Å². The molecule has 0 spiro atoms. The van der Waals surface area contributed by atoms with Crippen LogP contribution < -0.4 is 5.32 Å². The van der Waals surface area contributed by atoms with Gasteiger partial charge < -0.3 is 10.4 Å². The minimum absolute atomic E-state index is 0.0496. The van der Waals surface area contributed by atoms with Crippen LogP contribution in [-0.4, -0.2) is 23.7 Å². The fraction of sp³-hybridized carbons (Fsp3) is 0.562. The van der Waals surface area contributed by atoms with Gasteiger partial charge in [-0.2, -0.15) is 0 Å². The van der Waals surface area contributed by atoms with Crippen LogP contribution in [0.15, 0.2) is 24.3 Å². The molecule has 0 heterocycles. The van der Waals surface area contributed by atoms with Gasteiger partial charge in [0.15, 0.2) is 0 Å². The van der Waals surface area contributed by atoms with Crippen molar-refractivity contribution in [3.63, 3.8) is 0 Å². The zero-order chi connectivity index (χ0) is 15.1. The highest BCUT2D eigenvalue weighted by Gasteiger charge is 2.15. The number of aliphatic hydroxyl groups is 1. The van der Waals surface area contributed by atoms with E-state index >= 15 is 0 Å². The van der Waals surface area contributed by atoms with E-state index in [9.17, 15) is 14.3 Å². The van der Waals surface area contributed by atoms with Gasteiger partial charge in [-0.1, -0.05) is 39.3 Å². The molecule has 1 aromatic carbocycles. The van der Waals surface area contributed by atoms with Crippen molar-refractivity contribution in [1.29, 1.82) is 0 Å². The normalized spacial score (nSPS) is 15.4. The molecule has 0 radical (unpaired) electrons. The van der Waals surface area contributed by atoms with Crippen LogP contribution in [0.25, 0.3) is 0 Å². The second-order valence-electron chi connectivity index (χ2n) is 5.42. The van der Waals surface area contributed by atoms with Gasteiger partial charge in [-0.15, -0.1) is 0 Å². The number of rotatable bonds is 7. The van der Waals surface area contributed by atoms with Gasteiger partial charge in [-0.05, 0) is 29.5 Å². The van der Waals surface area contributed by atoms with Gasteiger partial charge in [-0.25, -0.2) is 4.39 Å². The molecule has 1 aromatic rings. The first-order valence-electron chi connectivity index (χ1n) is 7.14. The third-order valence-electron chi connectivity index (χ3n) is 3.72. The lowest BCUT2D eigenvalue weighted by molar-refractivity contribution is -0.122. The van der Waals surface area contributed by atoms with E-state index in [1.807, 2.05) is 26.8 Å². The van der Waals surface area contributed by atoms with Crippen molar-refractivity contribution < 1.29 is 14.3 Å². The molecule has 0 aliphatic heterocycles. The van der Waals surface area contributed by atoms with E-state index in [0.29, 0.717) is 0 Å². The third-order valence-corrected chi connectivity index (χ3v) is 3.72. The summed E-state index contributed by atoms with van der Waals surface area (Å²) in [4.78, 5) is 11.8. The molecule has 2 N–H and O–H groups in total. The van der Waals surface area contributed by atoms with Gasteiger partial charge in [0.05, 0.1) is 6.10 Å². The molecule has 112 valence electrons. The molecular weight excluding hydrogens is 257 g/mol. The molecule has 0 saturated carbocycles. The molecule has 0 bridgehead atoms. The van der Waals surface area contributed by atoms with E-state index in [1.165, 1.54) is 12.1 Å². The van der Waals surface area contributed by atoms with E-state index in [1.54, 1.807) is 6.07 Å². The number of aliphatic hydroxyl groups excluding tert-OH is 1. The summed E-state index contributed by atoms with van der Waals surface area (Å²) in [5.74, 6) is -0.298. The molecule has 3 atom stereocenters. The summed E-state index contributed by atoms with van der Waals surface area (Å²) in [7, 11) is 0. The van der Waals surface area contributed by atoms with Crippen molar-refractivity contribution in [1.82, 2.24) is 5.32 Å². The number of amides is 1. The lowest BCUT2D eigenvalue weighted by Gasteiger charge is -2.18. The SMILES string of the molecule is CCC(C)C(O)CNC(=O)CC(C)c1cccc(F)c1. The van der Waals surface area contributed by atoms with E-state index in [4.69, 9.17) is 0 Å². The van der Waals surface area contributed by atoms with E-state index in [0.717, 1.165) is 12.0 Å². The lowest BCUT2D eigenvalue weighted by atomic mass is 9.97. The number of halogens is 1. The average Bonchev–Trinajstić information content (AvgIpc) is 2.43. The number of carbonyl (C=O) groups is 1.